The van der Waals surface area contributed by atoms with Crippen molar-refractivity contribution in [3.05, 3.63) is 54.1 Å². The number of carbonyl (C=O) groups excluding carboxylic acids is 3. The van der Waals surface area contributed by atoms with Crippen LogP contribution in [0.5, 0.6) is 0 Å². The predicted molar refractivity (Wildman–Crippen MR) is 101 cm³/mol. The van der Waals surface area contributed by atoms with Crippen LogP contribution in [0.15, 0.2) is 53.4 Å². The van der Waals surface area contributed by atoms with E-state index in [0.29, 0.717) is 16.9 Å². The molecule has 0 bridgehead atoms. The Bertz CT molecular complexity index is 951. The zero-order valence-corrected chi connectivity index (χ0v) is 15.6. The second-order valence-corrected chi connectivity index (χ2v) is 7.48. The Morgan fingerprint density at radius 1 is 0.815 bits per heavy atom. The Kier molecular flexibility index (Phi) is 6.43. The van der Waals surface area contributed by atoms with Gasteiger partial charge in [-0.25, -0.2) is 13.1 Å². The van der Waals surface area contributed by atoms with Gasteiger partial charge in [0.1, 0.15) is 0 Å². The number of rotatable bonds is 7. The molecule has 0 spiro atoms. The molecule has 0 unspecified atom stereocenters. The minimum absolute atomic E-state index is 0.0322. The summed E-state index contributed by atoms with van der Waals surface area (Å²) < 4.78 is 26.7. The van der Waals surface area contributed by atoms with Crippen LogP contribution in [-0.4, -0.2) is 32.6 Å². The Morgan fingerprint density at radius 3 is 1.85 bits per heavy atom. The maximum atomic E-state index is 12.2. The van der Waals surface area contributed by atoms with Gasteiger partial charge in [0.2, 0.25) is 21.8 Å². The third-order valence-corrected chi connectivity index (χ3v) is 4.90. The van der Waals surface area contributed by atoms with E-state index < -0.39 is 22.5 Å². The van der Waals surface area contributed by atoms with E-state index in [0.717, 1.165) is 0 Å². The molecule has 0 fully saturated rings. The molecule has 0 aliphatic rings. The lowest BCUT2D eigenvalue weighted by Gasteiger charge is -2.09. The van der Waals surface area contributed by atoms with Crippen molar-refractivity contribution in [2.75, 3.05) is 17.2 Å². The van der Waals surface area contributed by atoms with E-state index in [2.05, 4.69) is 15.4 Å². The molecule has 8 nitrogen and oxygen atoms in total. The highest BCUT2D eigenvalue weighted by Gasteiger charge is 2.15. The molecular formula is C18H19N3O5S. The van der Waals surface area contributed by atoms with E-state index in [9.17, 15) is 22.8 Å². The fourth-order valence-electron chi connectivity index (χ4n) is 2.16. The summed E-state index contributed by atoms with van der Waals surface area (Å²) in [5.74, 6) is -0.911. The van der Waals surface area contributed by atoms with Crippen LogP contribution in [0.4, 0.5) is 11.4 Å². The number of amides is 2. The lowest BCUT2D eigenvalue weighted by atomic mass is 10.1. The number of sulfonamides is 1. The quantitative estimate of drug-likeness (QED) is 0.623. The molecule has 2 amide bonds. The van der Waals surface area contributed by atoms with E-state index in [-0.39, 0.29) is 16.6 Å². The molecule has 0 aliphatic heterocycles. The third kappa shape index (κ3) is 6.01. The Labute approximate surface area is 157 Å². The van der Waals surface area contributed by atoms with Crippen LogP contribution < -0.4 is 15.4 Å². The maximum absolute atomic E-state index is 12.2. The smallest absolute Gasteiger partial charge is 0.241 e. The Balaban J connectivity index is 1.94. The summed E-state index contributed by atoms with van der Waals surface area (Å²) in [5, 5.41) is 5.07. The van der Waals surface area contributed by atoms with Gasteiger partial charge in [-0.15, -0.1) is 0 Å². The fourth-order valence-corrected chi connectivity index (χ4v) is 3.14. The predicted octanol–water partition coefficient (Wildman–Crippen LogP) is 1.76. The van der Waals surface area contributed by atoms with E-state index in [1.54, 1.807) is 24.3 Å². The molecule has 3 N–H and O–H groups in total. The molecule has 2 aromatic rings. The average molecular weight is 389 g/mol. The lowest BCUT2D eigenvalue weighted by Crippen LogP contribution is -2.32. The highest BCUT2D eigenvalue weighted by Crippen LogP contribution is 2.14. The molecule has 2 aromatic carbocycles. The summed E-state index contributed by atoms with van der Waals surface area (Å²) in [6.07, 6.45) is 0. The SMILES string of the molecule is CC(=O)Nc1ccc(S(=O)(=O)NCC(=O)Nc2ccc(C(C)=O)cc2)cc1. The zero-order chi connectivity index (χ0) is 20.0. The van der Waals surface area contributed by atoms with Gasteiger partial charge in [0, 0.05) is 23.9 Å². The van der Waals surface area contributed by atoms with Crippen LogP contribution in [0.25, 0.3) is 0 Å². The van der Waals surface area contributed by atoms with Crippen LogP contribution in [0.2, 0.25) is 0 Å². The first-order valence-corrected chi connectivity index (χ1v) is 9.44. The molecular weight excluding hydrogens is 370 g/mol. The van der Waals surface area contributed by atoms with Gasteiger partial charge >= 0.3 is 0 Å². The van der Waals surface area contributed by atoms with Crippen LogP contribution in [0.3, 0.4) is 0 Å². The number of hydrogen-bond acceptors (Lipinski definition) is 5. The van der Waals surface area contributed by atoms with E-state index in [1.807, 2.05) is 0 Å². The van der Waals surface area contributed by atoms with E-state index in [4.69, 9.17) is 0 Å². The fraction of sp³-hybridized carbons (Fsp3) is 0.167. The first-order valence-electron chi connectivity index (χ1n) is 7.95. The summed E-state index contributed by atoms with van der Waals surface area (Å²) >= 11 is 0. The molecule has 0 heterocycles. The van der Waals surface area contributed by atoms with Crippen molar-refractivity contribution >= 4 is 39.0 Å². The first-order chi connectivity index (χ1) is 12.7. The third-order valence-electron chi connectivity index (χ3n) is 3.48. The lowest BCUT2D eigenvalue weighted by molar-refractivity contribution is -0.115. The van der Waals surface area contributed by atoms with Gasteiger partial charge < -0.3 is 10.6 Å². The number of hydrogen-bond donors (Lipinski definition) is 3. The molecule has 9 heteroatoms. The van der Waals surface area contributed by atoms with Gasteiger partial charge in [0.05, 0.1) is 11.4 Å². The number of benzene rings is 2. The summed E-state index contributed by atoms with van der Waals surface area (Å²) in [5.41, 5.74) is 1.42. The van der Waals surface area contributed by atoms with Crippen LogP contribution in [0, 0.1) is 0 Å². The minimum atomic E-state index is -3.88. The molecule has 2 rings (SSSR count). The largest absolute Gasteiger partial charge is 0.326 e. The van der Waals surface area contributed by atoms with Crippen molar-refractivity contribution in [2.24, 2.45) is 0 Å². The van der Waals surface area contributed by atoms with Crippen molar-refractivity contribution in [3.63, 3.8) is 0 Å². The van der Waals surface area contributed by atoms with Crippen LogP contribution in [0.1, 0.15) is 24.2 Å². The summed E-state index contributed by atoms with van der Waals surface area (Å²) in [6.45, 7) is 2.33. The van der Waals surface area contributed by atoms with Crippen LogP contribution >= 0.6 is 0 Å². The van der Waals surface area contributed by atoms with Crippen LogP contribution in [-0.2, 0) is 19.6 Å². The molecule has 142 valence electrons. The summed E-state index contributed by atoms with van der Waals surface area (Å²) in [6, 6.07) is 11.8. The molecule has 0 saturated heterocycles. The van der Waals surface area contributed by atoms with Crippen molar-refractivity contribution in [1.29, 1.82) is 0 Å². The number of Topliss-reactive ketones (excluding diaryl/α,β-unsaturated/α-hetero) is 1. The number of anilines is 2. The zero-order valence-electron chi connectivity index (χ0n) is 14.8. The second kappa shape index (κ2) is 8.56. The van der Waals surface area contributed by atoms with Crippen molar-refractivity contribution < 1.29 is 22.8 Å². The average Bonchev–Trinajstić information content (AvgIpc) is 2.60. The van der Waals surface area contributed by atoms with Gasteiger partial charge in [0.15, 0.2) is 5.78 Å². The Hall–Kier alpha value is -3.04. The van der Waals surface area contributed by atoms with Gasteiger partial charge in [-0.3, -0.25) is 14.4 Å². The molecule has 27 heavy (non-hydrogen) atoms. The van der Waals surface area contributed by atoms with Crippen molar-refractivity contribution in [2.45, 2.75) is 18.7 Å². The van der Waals surface area contributed by atoms with Gasteiger partial charge in [-0.2, -0.15) is 0 Å². The summed E-state index contributed by atoms with van der Waals surface area (Å²) in [4.78, 5) is 34.1. The van der Waals surface area contributed by atoms with Crippen molar-refractivity contribution in [1.82, 2.24) is 4.72 Å². The van der Waals surface area contributed by atoms with E-state index >= 15 is 0 Å². The molecule has 0 atom stereocenters. The molecule has 0 aromatic heterocycles. The highest BCUT2D eigenvalue weighted by atomic mass is 32.2. The highest BCUT2D eigenvalue weighted by molar-refractivity contribution is 7.89. The molecule has 0 aliphatic carbocycles. The van der Waals surface area contributed by atoms with Gasteiger partial charge in [-0.05, 0) is 55.5 Å². The Morgan fingerprint density at radius 2 is 1.33 bits per heavy atom. The standard InChI is InChI=1S/C18H19N3O5S/c1-12(22)14-3-5-16(6-4-14)21-18(24)11-19-27(25,26)17-9-7-15(8-10-17)20-13(2)23/h3-10,19H,11H2,1-2H3,(H,20,23)(H,21,24). The first kappa shape index (κ1) is 20.3. The minimum Gasteiger partial charge on any atom is -0.326 e. The normalized spacial score (nSPS) is 10.9. The molecule has 0 radical (unpaired) electrons. The number of ketones is 1. The van der Waals surface area contributed by atoms with Crippen molar-refractivity contribution in [3.8, 4) is 0 Å². The van der Waals surface area contributed by atoms with Gasteiger partial charge in [0.25, 0.3) is 0 Å². The topological polar surface area (TPSA) is 121 Å². The second-order valence-electron chi connectivity index (χ2n) is 5.71. The number of nitrogens with one attached hydrogen (secondary N) is 3. The van der Waals surface area contributed by atoms with Gasteiger partial charge in [-0.1, -0.05) is 0 Å². The van der Waals surface area contributed by atoms with E-state index in [1.165, 1.54) is 38.1 Å². The number of carbonyl (C=O) groups is 3. The molecule has 0 saturated carbocycles. The monoisotopic (exact) mass is 389 g/mol. The maximum Gasteiger partial charge on any atom is 0.241 e. The summed E-state index contributed by atoms with van der Waals surface area (Å²) in [7, 11) is -3.88.